The molecule has 0 atom stereocenters. The lowest BCUT2D eigenvalue weighted by Crippen LogP contribution is -2.29. The molecule has 2 heterocycles. The molecule has 188 valence electrons. The number of amides is 1. The molecule has 0 aliphatic heterocycles. The Hall–Kier alpha value is -3.17. The predicted octanol–water partition coefficient (Wildman–Crippen LogP) is 1.20. The Morgan fingerprint density at radius 1 is 1.26 bits per heavy atom. The van der Waals surface area contributed by atoms with Gasteiger partial charge in [0.1, 0.15) is 5.69 Å². The van der Waals surface area contributed by atoms with Crippen LogP contribution >= 0.6 is 11.3 Å². The minimum absolute atomic E-state index is 0.00972. The molecular formula is C21H26N6O6S2. The highest BCUT2D eigenvalue weighted by molar-refractivity contribution is 7.89. The highest BCUT2D eigenvalue weighted by atomic mass is 32.2. The number of anilines is 1. The number of aliphatic hydroxyl groups is 1. The van der Waals surface area contributed by atoms with Crippen molar-refractivity contribution in [3.05, 3.63) is 58.9 Å². The molecule has 3 rings (SSSR count). The topological polar surface area (TPSA) is 148 Å². The van der Waals surface area contributed by atoms with Gasteiger partial charge in [0.15, 0.2) is 17.5 Å². The molecule has 0 spiro atoms. The number of nitrogens with zero attached hydrogens (tertiary/aromatic N) is 5. The lowest BCUT2D eigenvalue weighted by atomic mass is 10.1. The average molecular weight is 523 g/mol. The maximum absolute atomic E-state index is 13.0. The summed E-state index contributed by atoms with van der Waals surface area (Å²) in [5.41, 5.74) is 0.881. The first kappa shape index (κ1) is 26.4. The molecule has 12 nitrogen and oxygen atoms in total. The molecule has 0 radical (unpaired) electrons. The van der Waals surface area contributed by atoms with E-state index in [-0.39, 0.29) is 30.4 Å². The number of benzene rings is 1. The number of oxime groups is 1. The zero-order valence-corrected chi connectivity index (χ0v) is 21.0. The average Bonchev–Trinajstić information content (AvgIpc) is 3.45. The number of thiazole rings is 1. The van der Waals surface area contributed by atoms with E-state index in [0.29, 0.717) is 23.0 Å². The molecule has 0 saturated heterocycles. The Labute approximate surface area is 206 Å². The molecule has 0 saturated carbocycles. The van der Waals surface area contributed by atoms with E-state index >= 15 is 0 Å². The van der Waals surface area contributed by atoms with Crippen molar-refractivity contribution in [2.75, 3.05) is 32.6 Å². The fourth-order valence-corrected chi connectivity index (χ4v) is 4.83. The van der Waals surface area contributed by atoms with Crippen LogP contribution in [0, 0.1) is 0 Å². The summed E-state index contributed by atoms with van der Waals surface area (Å²) in [6, 6.07) is 7.39. The van der Waals surface area contributed by atoms with Crippen LogP contribution < -0.4 is 5.32 Å². The smallest absolute Gasteiger partial charge is 0.280 e. The number of methoxy groups -OCH3 is 1. The quantitative estimate of drug-likeness (QED) is 0.266. The highest BCUT2D eigenvalue weighted by Gasteiger charge is 2.22. The van der Waals surface area contributed by atoms with E-state index in [4.69, 9.17) is 14.7 Å². The van der Waals surface area contributed by atoms with Gasteiger partial charge in [0.25, 0.3) is 5.91 Å². The van der Waals surface area contributed by atoms with Gasteiger partial charge in [0.2, 0.25) is 10.0 Å². The number of aromatic nitrogens is 3. The van der Waals surface area contributed by atoms with Crippen LogP contribution in [0.4, 0.5) is 5.13 Å². The van der Waals surface area contributed by atoms with Crippen molar-refractivity contribution in [2.45, 2.75) is 18.1 Å². The molecule has 3 aromatic rings. The monoisotopic (exact) mass is 522 g/mol. The molecule has 0 aliphatic carbocycles. The summed E-state index contributed by atoms with van der Waals surface area (Å²) in [7, 11) is 0.909. The molecule has 14 heteroatoms. The molecule has 35 heavy (non-hydrogen) atoms. The SMILES string of the molecule is COCc1cnc(NC(=O)/C(=N/OCc2ccn(C)n2)c2ccc(S(=O)(=O)N(C)CCO)cc2)s1. The summed E-state index contributed by atoms with van der Waals surface area (Å²) in [5, 5.41) is 20.3. The minimum atomic E-state index is -3.79. The van der Waals surface area contributed by atoms with Gasteiger partial charge in [-0.15, -0.1) is 0 Å². The number of aliphatic hydroxyl groups excluding tert-OH is 1. The van der Waals surface area contributed by atoms with Crippen LogP contribution in [-0.2, 0) is 44.7 Å². The van der Waals surface area contributed by atoms with Crippen molar-refractivity contribution in [1.29, 1.82) is 0 Å². The molecule has 2 N–H and O–H groups in total. The van der Waals surface area contributed by atoms with Crippen LogP contribution in [0.15, 0.2) is 52.8 Å². The molecule has 0 fully saturated rings. The second kappa shape index (κ2) is 12.0. The Bertz CT molecular complexity index is 1270. The third-order valence-electron chi connectivity index (χ3n) is 4.66. The number of nitrogens with one attached hydrogen (secondary N) is 1. The third kappa shape index (κ3) is 6.93. The Morgan fingerprint density at radius 2 is 2.00 bits per heavy atom. The second-order valence-electron chi connectivity index (χ2n) is 7.29. The first-order valence-electron chi connectivity index (χ1n) is 10.4. The Balaban J connectivity index is 1.84. The van der Waals surface area contributed by atoms with Gasteiger partial charge in [-0.2, -0.15) is 9.40 Å². The molecular weight excluding hydrogens is 496 g/mol. The van der Waals surface area contributed by atoms with Crippen LogP contribution in [0.2, 0.25) is 0 Å². The molecule has 1 amide bonds. The number of rotatable bonds is 12. The van der Waals surface area contributed by atoms with Crippen molar-refractivity contribution in [1.82, 2.24) is 19.1 Å². The fraction of sp³-hybridized carbons (Fsp3) is 0.333. The van der Waals surface area contributed by atoms with Gasteiger partial charge < -0.3 is 14.7 Å². The normalized spacial score (nSPS) is 12.2. The lowest BCUT2D eigenvalue weighted by molar-refractivity contribution is -0.110. The van der Waals surface area contributed by atoms with E-state index in [2.05, 4.69) is 20.6 Å². The predicted molar refractivity (Wildman–Crippen MR) is 129 cm³/mol. The van der Waals surface area contributed by atoms with Crippen LogP contribution in [0.25, 0.3) is 0 Å². The minimum Gasteiger partial charge on any atom is -0.395 e. The van der Waals surface area contributed by atoms with Crippen LogP contribution in [0.3, 0.4) is 0 Å². The molecule has 0 bridgehead atoms. The van der Waals surface area contributed by atoms with Gasteiger partial charge in [-0.05, 0) is 18.2 Å². The number of carbonyl (C=O) groups is 1. The van der Waals surface area contributed by atoms with Gasteiger partial charge in [-0.3, -0.25) is 14.8 Å². The van der Waals surface area contributed by atoms with Gasteiger partial charge in [-0.25, -0.2) is 13.4 Å². The van der Waals surface area contributed by atoms with E-state index in [1.807, 2.05) is 0 Å². The molecule has 2 aromatic heterocycles. The standard InChI is InChI=1S/C21H26N6O6S2/c1-26-9-8-16(24-26)13-33-25-19(20(29)23-21-22-12-17(34-21)14-32-3)15-4-6-18(7-5-15)35(30,31)27(2)10-11-28/h4-9,12,28H,10-11,13-14H2,1-3H3,(H,22,23,29)/b25-19+. The summed E-state index contributed by atoms with van der Waals surface area (Å²) in [6.45, 7) is 0.0499. The number of aryl methyl sites for hydroxylation is 1. The maximum Gasteiger partial charge on any atom is 0.280 e. The summed E-state index contributed by atoms with van der Waals surface area (Å²) >= 11 is 1.25. The molecule has 0 aliphatic rings. The first-order valence-corrected chi connectivity index (χ1v) is 12.6. The number of carbonyl (C=O) groups excluding carboxylic acids is 1. The van der Waals surface area contributed by atoms with E-state index in [9.17, 15) is 13.2 Å². The Kier molecular flexibility index (Phi) is 9.06. The van der Waals surface area contributed by atoms with Gasteiger partial charge in [0, 0.05) is 45.7 Å². The summed E-state index contributed by atoms with van der Waals surface area (Å²) in [4.78, 5) is 23.4. The van der Waals surface area contributed by atoms with Crippen molar-refractivity contribution < 1.29 is 27.9 Å². The van der Waals surface area contributed by atoms with Crippen molar-refractivity contribution >= 4 is 38.1 Å². The largest absolute Gasteiger partial charge is 0.395 e. The Morgan fingerprint density at radius 3 is 2.63 bits per heavy atom. The fourth-order valence-electron chi connectivity index (χ4n) is 2.88. The van der Waals surface area contributed by atoms with Crippen LogP contribution in [-0.4, -0.2) is 71.5 Å². The van der Waals surface area contributed by atoms with E-state index in [1.54, 1.807) is 37.3 Å². The lowest BCUT2D eigenvalue weighted by Gasteiger charge is -2.16. The van der Waals surface area contributed by atoms with Crippen molar-refractivity contribution in [2.24, 2.45) is 12.2 Å². The van der Waals surface area contributed by atoms with Crippen molar-refractivity contribution in [3.63, 3.8) is 0 Å². The van der Waals surface area contributed by atoms with E-state index < -0.39 is 15.9 Å². The number of sulfonamides is 1. The van der Waals surface area contributed by atoms with E-state index in [1.165, 1.54) is 42.6 Å². The highest BCUT2D eigenvalue weighted by Crippen LogP contribution is 2.20. The number of hydrogen-bond acceptors (Lipinski definition) is 10. The number of ether oxygens (including phenoxy) is 1. The first-order chi connectivity index (χ1) is 16.7. The zero-order chi connectivity index (χ0) is 25.4. The van der Waals surface area contributed by atoms with Gasteiger partial charge in [0.05, 0.1) is 23.0 Å². The van der Waals surface area contributed by atoms with E-state index in [0.717, 1.165) is 9.18 Å². The molecule has 0 unspecified atom stereocenters. The van der Waals surface area contributed by atoms with Crippen molar-refractivity contribution in [3.8, 4) is 0 Å². The van der Waals surface area contributed by atoms with Crippen LogP contribution in [0.1, 0.15) is 16.1 Å². The number of hydrogen-bond donors (Lipinski definition) is 2. The summed E-state index contributed by atoms with van der Waals surface area (Å²) in [6.07, 6.45) is 3.35. The third-order valence-corrected chi connectivity index (χ3v) is 7.42. The van der Waals surface area contributed by atoms with Gasteiger partial charge in [-0.1, -0.05) is 28.6 Å². The molecule has 1 aromatic carbocycles. The maximum atomic E-state index is 13.0. The zero-order valence-electron chi connectivity index (χ0n) is 19.4. The summed E-state index contributed by atoms with van der Waals surface area (Å²) in [5.74, 6) is -0.586. The number of likely N-dealkylation sites (N-methyl/N-ethyl adjacent to an activating group) is 1. The second-order valence-corrected chi connectivity index (χ2v) is 10.4. The van der Waals surface area contributed by atoms with Gasteiger partial charge >= 0.3 is 0 Å². The summed E-state index contributed by atoms with van der Waals surface area (Å²) < 4.78 is 33.0. The van der Waals surface area contributed by atoms with Crippen LogP contribution in [0.5, 0.6) is 0 Å².